The molecule has 1 aromatic carbocycles. The van der Waals surface area contributed by atoms with Crippen LogP contribution < -0.4 is 5.32 Å². The topological polar surface area (TPSA) is 136 Å². The van der Waals surface area contributed by atoms with Crippen molar-refractivity contribution < 1.29 is 23.3 Å². The summed E-state index contributed by atoms with van der Waals surface area (Å²) in [6.07, 6.45) is 1.60. The molecule has 0 aliphatic carbocycles. The fraction of sp³-hybridized carbons (Fsp3) is 0.208. The molecule has 4 rings (SSSR count). The molecule has 10 nitrogen and oxygen atoms in total. The zero-order valence-electron chi connectivity index (χ0n) is 18.6. The van der Waals surface area contributed by atoms with Gasteiger partial charge in [-0.2, -0.15) is 10.2 Å². The van der Waals surface area contributed by atoms with Gasteiger partial charge in [-0.15, -0.1) is 0 Å². The SMILES string of the molecule is Cc1c(C#N)c(NC(=O)COC(=O)CCc2nc(-c3ccco3)no2)n(-c2ccccc2)c1C. The average molecular weight is 459 g/mol. The first-order valence-corrected chi connectivity index (χ1v) is 10.5. The van der Waals surface area contributed by atoms with E-state index in [0.29, 0.717) is 17.1 Å². The number of anilines is 1. The van der Waals surface area contributed by atoms with Crippen LogP contribution >= 0.6 is 0 Å². The smallest absolute Gasteiger partial charge is 0.306 e. The van der Waals surface area contributed by atoms with Crippen LogP contribution in [0.3, 0.4) is 0 Å². The summed E-state index contributed by atoms with van der Waals surface area (Å²) in [6, 6.07) is 14.9. The number of hydrogen-bond donors (Lipinski definition) is 1. The summed E-state index contributed by atoms with van der Waals surface area (Å²) < 4.78 is 17.2. The number of nitrogens with zero attached hydrogens (tertiary/aromatic N) is 4. The Morgan fingerprint density at radius 2 is 1.97 bits per heavy atom. The number of ether oxygens (including phenoxy) is 1. The molecule has 0 aliphatic heterocycles. The number of para-hydroxylation sites is 1. The molecule has 0 saturated heterocycles. The Morgan fingerprint density at radius 1 is 1.18 bits per heavy atom. The lowest BCUT2D eigenvalue weighted by Crippen LogP contribution is -2.23. The minimum Gasteiger partial charge on any atom is -0.461 e. The summed E-state index contributed by atoms with van der Waals surface area (Å²) in [5.74, 6) is 0.167. The van der Waals surface area contributed by atoms with E-state index in [1.807, 2.05) is 44.2 Å². The van der Waals surface area contributed by atoms with Crippen LogP contribution in [-0.2, 0) is 20.7 Å². The van der Waals surface area contributed by atoms with Crippen molar-refractivity contribution in [3.05, 3.63) is 71.4 Å². The molecule has 0 atom stereocenters. The largest absolute Gasteiger partial charge is 0.461 e. The molecule has 172 valence electrons. The predicted molar refractivity (Wildman–Crippen MR) is 120 cm³/mol. The third-order valence-corrected chi connectivity index (χ3v) is 5.21. The standard InChI is InChI=1S/C24H21N5O5/c1-15-16(2)29(17-7-4-3-5-8-17)24(18(15)13-25)26-20(30)14-33-22(31)11-10-21-27-23(28-34-21)19-9-6-12-32-19/h3-9,12H,10-11,14H2,1-2H3,(H,26,30). The highest BCUT2D eigenvalue weighted by molar-refractivity contribution is 5.94. The van der Waals surface area contributed by atoms with Gasteiger partial charge in [0.15, 0.2) is 12.4 Å². The maximum Gasteiger partial charge on any atom is 0.306 e. The van der Waals surface area contributed by atoms with Gasteiger partial charge in [0.1, 0.15) is 11.9 Å². The lowest BCUT2D eigenvalue weighted by Gasteiger charge is -2.13. The van der Waals surface area contributed by atoms with Gasteiger partial charge in [0, 0.05) is 17.8 Å². The molecule has 0 aliphatic rings. The predicted octanol–water partition coefficient (Wildman–Crippen LogP) is 3.72. The number of aromatic nitrogens is 3. The van der Waals surface area contributed by atoms with E-state index in [0.717, 1.165) is 16.9 Å². The first-order valence-electron chi connectivity index (χ1n) is 10.5. The van der Waals surface area contributed by atoms with Gasteiger partial charge in [0.25, 0.3) is 5.91 Å². The van der Waals surface area contributed by atoms with Crippen molar-refractivity contribution in [1.29, 1.82) is 5.26 Å². The fourth-order valence-electron chi connectivity index (χ4n) is 3.42. The van der Waals surface area contributed by atoms with Crippen LogP contribution in [0.2, 0.25) is 0 Å². The van der Waals surface area contributed by atoms with Crippen LogP contribution in [0.1, 0.15) is 29.1 Å². The van der Waals surface area contributed by atoms with E-state index >= 15 is 0 Å². The van der Waals surface area contributed by atoms with Gasteiger partial charge in [-0.25, -0.2) is 0 Å². The number of nitriles is 1. The van der Waals surface area contributed by atoms with Crippen LogP contribution in [0.15, 0.2) is 57.7 Å². The molecule has 0 spiro atoms. The van der Waals surface area contributed by atoms with Crippen LogP contribution in [0, 0.1) is 25.2 Å². The highest BCUT2D eigenvalue weighted by atomic mass is 16.5. The third kappa shape index (κ3) is 4.73. The van der Waals surface area contributed by atoms with E-state index in [1.165, 1.54) is 6.26 Å². The molecule has 0 saturated carbocycles. The minimum absolute atomic E-state index is 0.0465. The van der Waals surface area contributed by atoms with E-state index in [-0.39, 0.29) is 24.6 Å². The zero-order chi connectivity index (χ0) is 24.1. The van der Waals surface area contributed by atoms with E-state index < -0.39 is 18.5 Å². The maximum absolute atomic E-state index is 12.5. The van der Waals surface area contributed by atoms with Crippen molar-refractivity contribution in [1.82, 2.24) is 14.7 Å². The zero-order valence-corrected chi connectivity index (χ0v) is 18.6. The quantitative estimate of drug-likeness (QED) is 0.394. The molecule has 1 amide bonds. The van der Waals surface area contributed by atoms with Crippen molar-refractivity contribution in [2.45, 2.75) is 26.7 Å². The number of amides is 1. The number of carbonyl (C=O) groups is 2. The van der Waals surface area contributed by atoms with Crippen molar-refractivity contribution in [3.8, 4) is 23.3 Å². The first kappa shape index (κ1) is 22.5. The second-order valence-corrected chi connectivity index (χ2v) is 7.41. The van der Waals surface area contributed by atoms with E-state index in [9.17, 15) is 14.9 Å². The van der Waals surface area contributed by atoms with E-state index in [1.54, 1.807) is 16.7 Å². The molecule has 0 bridgehead atoms. The second-order valence-electron chi connectivity index (χ2n) is 7.41. The molecule has 10 heteroatoms. The second kappa shape index (κ2) is 9.87. The van der Waals surface area contributed by atoms with Crippen LogP contribution in [-0.4, -0.2) is 33.2 Å². The molecule has 0 unspecified atom stereocenters. The summed E-state index contributed by atoms with van der Waals surface area (Å²) in [7, 11) is 0. The number of rotatable bonds is 8. The number of hydrogen-bond acceptors (Lipinski definition) is 8. The van der Waals surface area contributed by atoms with Crippen molar-refractivity contribution in [2.24, 2.45) is 0 Å². The number of nitrogens with one attached hydrogen (secondary N) is 1. The van der Waals surface area contributed by atoms with Gasteiger partial charge in [0.05, 0.1) is 18.2 Å². The molecular weight excluding hydrogens is 438 g/mol. The molecule has 4 aromatic rings. The lowest BCUT2D eigenvalue weighted by molar-refractivity contribution is -0.147. The summed E-state index contributed by atoms with van der Waals surface area (Å²) in [4.78, 5) is 28.8. The molecule has 0 radical (unpaired) electrons. The Labute approximate surface area is 194 Å². The summed E-state index contributed by atoms with van der Waals surface area (Å²) in [5.41, 5.74) is 2.73. The van der Waals surface area contributed by atoms with Gasteiger partial charge in [-0.1, -0.05) is 23.4 Å². The Kier molecular flexibility index (Phi) is 6.54. The third-order valence-electron chi connectivity index (χ3n) is 5.21. The maximum atomic E-state index is 12.5. The number of benzene rings is 1. The molecular formula is C24H21N5O5. The molecule has 3 heterocycles. The molecule has 34 heavy (non-hydrogen) atoms. The molecule has 3 aromatic heterocycles. The number of aryl methyl sites for hydroxylation is 1. The Bertz CT molecular complexity index is 1350. The minimum atomic E-state index is -0.598. The van der Waals surface area contributed by atoms with Gasteiger partial charge in [-0.05, 0) is 43.7 Å². The highest BCUT2D eigenvalue weighted by Crippen LogP contribution is 2.29. The number of carbonyl (C=O) groups excluding carboxylic acids is 2. The van der Waals surface area contributed by atoms with E-state index in [4.69, 9.17) is 13.7 Å². The summed E-state index contributed by atoms with van der Waals surface area (Å²) >= 11 is 0. The molecule has 1 N–H and O–H groups in total. The van der Waals surface area contributed by atoms with Crippen LogP contribution in [0.25, 0.3) is 17.3 Å². The van der Waals surface area contributed by atoms with Crippen molar-refractivity contribution >= 4 is 17.7 Å². The highest BCUT2D eigenvalue weighted by Gasteiger charge is 2.21. The van der Waals surface area contributed by atoms with Gasteiger partial charge >= 0.3 is 5.97 Å². The normalized spacial score (nSPS) is 10.6. The monoisotopic (exact) mass is 459 g/mol. The summed E-state index contributed by atoms with van der Waals surface area (Å²) in [5, 5.41) is 16.1. The Hall–Kier alpha value is -4.65. The molecule has 0 fully saturated rings. The average Bonchev–Trinajstić information content (AvgIpc) is 3.58. The Morgan fingerprint density at radius 3 is 2.68 bits per heavy atom. The summed E-state index contributed by atoms with van der Waals surface area (Å²) in [6.45, 7) is 3.19. The number of furan rings is 1. The van der Waals surface area contributed by atoms with Crippen LogP contribution in [0.5, 0.6) is 0 Å². The Balaban J connectivity index is 1.36. The van der Waals surface area contributed by atoms with Gasteiger partial charge in [-0.3, -0.25) is 14.2 Å². The fourth-order valence-corrected chi connectivity index (χ4v) is 3.42. The van der Waals surface area contributed by atoms with Gasteiger partial charge in [0.2, 0.25) is 11.7 Å². The van der Waals surface area contributed by atoms with Crippen molar-refractivity contribution in [2.75, 3.05) is 11.9 Å². The van der Waals surface area contributed by atoms with Crippen molar-refractivity contribution in [3.63, 3.8) is 0 Å². The van der Waals surface area contributed by atoms with Crippen LogP contribution in [0.4, 0.5) is 5.82 Å². The number of esters is 1. The van der Waals surface area contributed by atoms with Gasteiger partial charge < -0.3 is 19.0 Å². The first-order chi connectivity index (χ1) is 16.5. The lowest BCUT2D eigenvalue weighted by atomic mass is 10.2. The van der Waals surface area contributed by atoms with E-state index in [2.05, 4.69) is 21.5 Å².